The average molecular weight is 498 g/mol. The van der Waals surface area contributed by atoms with Crippen LogP contribution in [0.2, 0.25) is 5.02 Å². The lowest BCUT2D eigenvalue weighted by atomic mass is 10.1. The van der Waals surface area contributed by atoms with Crippen molar-refractivity contribution in [3.05, 3.63) is 64.9 Å². The maximum Gasteiger partial charge on any atom is 0.244 e. The summed E-state index contributed by atoms with van der Waals surface area (Å²) in [5.74, 6) is -1.62. The quantitative estimate of drug-likeness (QED) is 0.543. The van der Waals surface area contributed by atoms with Crippen LogP contribution in [0.4, 0.5) is 10.1 Å². The number of nitrogens with zero attached hydrogens (tertiary/aromatic N) is 2. The predicted octanol–water partition coefficient (Wildman–Crippen LogP) is 3.58. The van der Waals surface area contributed by atoms with Gasteiger partial charge in [-0.25, -0.2) is 12.8 Å². The number of anilines is 1. The van der Waals surface area contributed by atoms with Crippen LogP contribution in [-0.4, -0.2) is 50.0 Å². The fraction of sp³-hybridized carbons (Fsp3) is 0.391. The van der Waals surface area contributed by atoms with Gasteiger partial charge in [-0.3, -0.25) is 13.9 Å². The highest BCUT2D eigenvalue weighted by atomic mass is 35.5. The Morgan fingerprint density at radius 2 is 1.70 bits per heavy atom. The van der Waals surface area contributed by atoms with E-state index in [1.807, 2.05) is 13.8 Å². The molecule has 0 fully saturated rings. The summed E-state index contributed by atoms with van der Waals surface area (Å²) >= 11 is 6.18. The second-order valence-corrected chi connectivity index (χ2v) is 10.1. The summed E-state index contributed by atoms with van der Waals surface area (Å²) in [6.07, 6.45) is 1.65. The number of nitrogens with one attached hydrogen (secondary N) is 1. The average Bonchev–Trinajstić information content (AvgIpc) is 2.76. The number of carbonyl (C=O) groups excluding carboxylic acids is 2. The molecule has 180 valence electrons. The summed E-state index contributed by atoms with van der Waals surface area (Å²) in [7, 11) is -3.89. The maximum absolute atomic E-state index is 14.3. The topological polar surface area (TPSA) is 86.8 Å². The van der Waals surface area contributed by atoms with Crippen LogP contribution in [0.25, 0.3) is 0 Å². The zero-order chi connectivity index (χ0) is 24.8. The molecule has 33 heavy (non-hydrogen) atoms. The second-order valence-electron chi connectivity index (χ2n) is 7.83. The Morgan fingerprint density at radius 1 is 1.09 bits per heavy atom. The minimum atomic E-state index is -3.89. The van der Waals surface area contributed by atoms with Crippen LogP contribution in [0.15, 0.2) is 48.5 Å². The lowest BCUT2D eigenvalue weighted by molar-refractivity contribution is -0.139. The van der Waals surface area contributed by atoms with E-state index in [0.717, 1.165) is 10.6 Å². The van der Waals surface area contributed by atoms with Crippen LogP contribution in [0.1, 0.15) is 32.8 Å². The van der Waals surface area contributed by atoms with Gasteiger partial charge in [0.1, 0.15) is 18.4 Å². The van der Waals surface area contributed by atoms with Gasteiger partial charge in [0.2, 0.25) is 21.8 Å². The van der Waals surface area contributed by atoms with E-state index in [9.17, 15) is 22.4 Å². The highest BCUT2D eigenvalue weighted by molar-refractivity contribution is 7.92. The Morgan fingerprint density at radius 3 is 2.27 bits per heavy atom. The highest BCUT2D eigenvalue weighted by Crippen LogP contribution is 2.27. The van der Waals surface area contributed by atoms with E-state index >= 15 is 0 Å². The van der Waals surface area contributed by atoms with E-state index in [-0.39, 0.29) is 28.9 Å². The summed E-state index contributed by atoms with van der Waals surface area (Å²) in [5.41, 5.74) is 0.343. The van der Waals surface area contributed by atoms with E-state index in [1.54, 1.807) is 18.2 Å². The molecule has 0 aliphatic heterocycles. The molecule has 1 N–H and O–H groups in total. The van der Waals surface area contributed by atoms with Crippen molar-refractivity contribution in [2.45, 2.75) is 45.8 Å². The first-order valence-electron chi connectivity index (χ1n) is 10.5. The van der Waals surface area contributed by atoms with Gasteiger partial charge in [-0.05, 0) is 38.5 Å². The number of hydrogen-bond acceptors (Lipinski definition) is 4. The summed E-state index contributed by atoms with van der Waals surface area (Å²) in [6.45, 7) is 4.46. The Balaban J connectivity index is 2.41. The normalized spacial score (nSPS) is 13.2. The van der Waals surface area contributed by atoms with E-state index < -0.39 is 40.2 Å². The lowest BCUT2D eigenvalue weighted by Gasteiger charge is -2.32. The van der Waals surface area contributed by atoms with Gasteiger partial charge in [0.25, 0.3) is 0 Å². The van der Waals surface area contributed by atoms with E-state index in [2.05, 4.69) is 5.32 Å². The second kappa shape index (κ2) is 11.5. The number of halogens is 2. The molecule has 0 aliphatic carbocycles. The number of benzene rings is 2. The van der Waals surface area contributed by atoms with Crippen molar-refractivity contribution < 1.29 is 22.4 Å². The minimum Gasteiger partial charge on any atom is -0.352 e. The highest BCUT2D eigenvalue weighted by Gasteiger charge is 2.31. The first kappa shape index (κ1) is 26.6. The van der Waals surface area contributed by atoms with Gasteiger partial charge < -0.3 is 10.2 Å². The monoisotopic (exact) mass is 497 g/mol. The zero-order valence-electron chi connectivity index (χ0n) is 19.1. The molecule has 2 amide bonds. The third-order valence-corrected chi connectivity index (χ3v) is 6.71. The Labute approximate surface area is 199 Å². The third kappa shape index (κ3) is 7.17. The number of para-hydroxylation sites is 1. The first-order chi connectivity index (χ1) is 15.5. The summed E-state index contributed by atoms with van der Waals surface area (Å²) < 4.78 is 40.2. The van der Waals surface area contributed by atoms with Crippen molar-refractivity contribution in [2.24, 2.45) is 0 Å². The van der Waals surface area contributed by atoms with Gasteiger partial charge in [-0.15, -0.1) is 0 Å². The maximum atomic E-state index is 14.3. The third-order valence-electron chi connectivity index (χ3n) is 5.27. The zero-order valence-corrected chi connectivity index (χ0v) is 20.7. The van der Waals surface area contributed by atoms with Gasteiger partial charge in [0, 0.05) is 18.2 Å². The van der Waals surface area contributed by atoms with Gasteiger partial charge in [-0.2, -0.15) is 0 Å². The van der Waals surface area contributed by atoms with Crippen LogP contribution >= 0.6 is 11.6 Å². The van der Waals surface area contributed by atoms with E-state index in [0.29, 0.717) is 6.42 Å². The molecule has 0 spiro atoms. The van der Waals surface area contributed by atoms with Gasteiger partial charge >= 0.3 is 0 Å². The number of sulfonamides is 1. The summed E-state index contributed by atoms with van der Waals surface area (Å²) in [5, 5.41) is 2.96. The standard InChI is InChI=1S/C23H29ClFN3O4S/c1-5-16(2)26-23(30)17(3)27(14-18-10-6-8-12-20(18)25)22(29)15-28(33(4,31)32)21-13-9-7-11-19(21)24/h6-13,16-17H,5,14-15H2,1-4H3,(H,26,30)/t16-,17-/m1/s1. The number of hydrogen-bond donors (Lipinski definition) is 1. The molecule has 0 radical (unpaired) electrons. The molecular weight excluding hydrogens is 469 g/mol. The molecule has 0 bridgehead atoms. The predicted molar refractivity (Wildman–Crippen MR) is 128 cm³/mol. The van der Waals surface area contributed by atoms with Crippen LogP contribution in [0.3, 0.4) is 0 Å². The smallest absolute Gasteiger partial charge is 0.244 e. The van der Waals surface area contributed by atoms with Crippen molar-refractivity contribution in [1.29, 1.82) is 0 Å². The van der Waals surface area contributed by atoms with Crippen molar-refractivity contribution in [1.82, 2.24) is 10.2 Å². The SMILES string of the molecule is CC[C@@H](C)NC(=O)[C@@H](C)N(Cc1ccccc1F)C(=O)CN(c1ccccc1Cl)S(C)(=O)=O. The van der Waals surface area contributed by atoms with Crippen LogP contribution in [0.5, 0.6) is 0 Å². The first-order valence-corrected chi connectivity index (χ1v) is 12.7. The van der Waals surface area contributed by atoms with Crippen molar-refractivity contribution in [2.75, 3.05) is 17.1 Å². The molecule has 2 aromatic rings. The Hall–Kier alpha value is -2.65. The molecule has 0 unspecified atom stereocenters. The Bertz CT molecular complexity index is 1100. The minimum absolute atomic E-state index is 0.124. The van der Waals surface area contributed by atoms with Crippen molar-refractivity contribution in [3.8, 4) is 0 Å². The fourth-order valence-electron chi connectivity index (χ4n) is 3.11. The number of carbonyl (C=O) groups is 2. The van der Waals surface area contributed by atoms with Gasteiger partial charge in [-0.1, -0.05) is 48.9 Å². The van der Waals surface area contributed by atoms with Crippen molar-refractivity contribution >= 4 is 39.1 Å². The largest absolute Gasteiger partial charge is 0.352 e. The molecule has 0 aliphatic rings. The molecule has 2 rings (SSSR count). The van der Waals surface area contributed by atoms with Crippen LogP contribution < -0.4 is 9.62 Å². The molecule has 7 nitrogen and oxygen atoms in total. The van der Waals surface area contributed by atoms with Crippen molar-refractivity contribution in [3.63, 3.8) is 0 Å². The molecule has 0 saturated carbocycles. The molecule has 0 aromatic heterocycles. The lowest BCUT2D eigenvalue weighted by Crippen LogP contribution is -2.52. The molecule has 0 heterocycles. The molecule has 2 aromatic carbocycles. The number of amides is 2. The molecule has 10 heteroatoms. The van der Waals surface area contributed by atoms with E-state index in [4.69, 9.17) is 11.6 Å². The summed E-state index contributed by atoms with van der Waals surface area (Å²) in [6, 6.07) is 11.1. The molecule has 0 saturated heterocycles. The summed E-state index contributed by atoms with van der Waals surface area (Å²) in [4.78, 5) is 27.3. The fourth-order valence-corrected chi connectivity index (χ4v) is 4.26. The van der Waals surface area contributed by atoms with Crippen LogP contribution in [0, 0.1) is 5.82 Å². The number of rotatable bonds is 10. The van der Waals surface area contributed by atoms with Crippen LogP contribution in [-0.2, 0) is 26.2 Å². The van der Waals surface area contributed by atoms with Gasteiger partial charge in [0.05, 0.1) is 17.0 Å². The van der Waals surface area contributed by atoms with E-state index in [1.165, 1.54) is 42.2 Å². The molecular formula is C23H29ClFN3O4S. The molecule has 2 atom stereocenters. The van der Waals surface area contributed by atoms with Gasteiger partial charge in [0.15, 0.2) is 0 Å². The Kier molecular flexibility index (Phi) is 9.25.